The van der Waals surface area contributed by atoms with Crippen molar-refractivity contribution in [3.05, 3.63) is 35.9 Å². The van der Waals surface area contributed by atoms with Crippen LogP contribution in [0.25, 0.3) is 0 Å². The van der Waals surface area contributed by atoms with Crippen LogP contribution in [0.4, 0.5) is 0 Å². The lowest BCUT2D eigenvalue weighted by Gasteiger charge is -2.44. The summed E-state index contributed by atoms with van der Waals surface area (Å²) in [4.78, 5) is 14.9. The fourth-order valence-corrected chi connectivity index (χ4v) is 3.52. The standard InChI is InChI=1S/C17H24N2O2/c1-12-11-21-16(14-6-4-3-5-7-14)13(2)19(12)17(20)15-8-9-18-10-15/h3-7,12-13,15-16,18H,8-11H2,1-2H3. The third kappa shape index (κ3) is 2.83. The lowest BCUT2D eigenvalue weighted by Crippen LogP contribution is -2.55. The minimum atomic E-state index is -0.0271. The minimum absolute atomic E-state index is 0.0271. The largest absolute Gasteiger partial charge is 0.369 e. The Kier molecular flexibility index (Phi) is 4.27. The van der Waals surface area contributed by atoms with Crippen molar-refractivity contribution in [1.82, 2.24) is 10.2 Å². The maximum atomic E-state index is 12.8. The Hall–Kier alpha value is -1.39. The molecule has 2 aliphatic rings. The summed E-state index contributed by atoms with van der Waals surface area (Å²) in [6, 6.07) is 10.4. The van der Waals surface area contributed by atoms with Gasteiger partial charge in [-0.15, -0.1) is 0 Å². The molecule has 2 saturated heterocycles. The number of nitrogens with zero attached hydrogens (tertiary/aromatic N) is 1. The molecule has 0 radical (unpaired) electrons. The van der Waals surface area contributed by atoms with Crippen LogP contribution in [0.5, 0.6) is 0 Å². The van der Waals surface area contributed by atoms with E-state index in [4.69, 9.17) is 4.74 Å². The zero-order chi connectivity index (χ0) is 14.8. The van der Waals surface area contributed by atoms with Crippen LogP contribution in [-0.2, 0) is 9.53 Å². The highest BCUT2D eigenvalue weighted by atomic mass is 16.5. The summed E-state index contributed by atoms with van der Waals surface area (Å²) in [6.07, 6.45) is 0.923. The molecule has 0 spiro atoms. The van der Waals surface area contributed by atoms with Crippen molar-refractivity contribution in [3.8, 4) is 0 Å². The highest BCUT2D eigenvalue weighted by Crippen LogP contribution is 2.32. The molecule has 4 unspecified atom stereocenters. The number of ether oxygens (including phenoxy) is 1. The van der Waals surface area contributed by atoms with Crippen LogP contribution < -0.4 is 5.32 Å². The zero-order valence-electron chi connectivity index (χ0n) is 12.8. The van der Waals surface area contributed by atoms with Gasteiger partial charge in [-0.25, -0.2) is 0 Å². The normalized spacial score (nSPS) is 33.1. The third-order valence-electron chi connectivity index (χ3n) is 4.66. The van der Waals surface area contributed by atoms with Crippen LogP contribution in [0.1, 0.15) is 31.9 Å². The smallest absolute Gasteiger partial charge is 0.227 e. The average molecular weight is 288 g/mol. The Labute approximate surface area is 126 Å². The topological polar surface area (TPSA) is 41.6 Å². The molecule has 1 aromatic carbocycles. The molecule has 3 rings (SSSR count). The van der Waals surface area contributed by atoms with Gasteiger partial charge in [0.25, 0.3) is 0 Å². The highest BCUT2D eigenvalue weighted by Gasteiger charge is 2.39. The van der Waals surface area contributed by atoms with Gasteiger partial charge in [-0.3, -0.25) is 4.79 Å². The average Bonchev–Trinajstić information content (AvgIpc) is 3.02. The fourth-order valence-electron chi connectivity index (χ4n) is 3.52. The van der Waals surface area contributed by atoms with Gasteiger partial charge in [-0.1, -0.05) is 30.3 Å². The number of nitrogens with one attached hydrogen (secondary N) is 1. The van der Waals surface area contributed by atoms with Gasteiger partial charge in [0.1, 0.15) is 6.10 Å². The van der Waals surface area contributed by atoms with Gasteiger partial charge in [0.05, 0.1) is 24.6 Å². The predicted molar refractivity (Wildman–Crippen MR) is 81.9 cm³/mol. The lowest BCUT2D eigenvalue weighted by molar-refractivity contribution is -0.156. The van der Waals surface area contributed by atoms with Crippen molar-refractivity contribution in [3.63, 3.8) is 0 Å². The van der Waals surface area contributed by atoms with Crippen molar-refractivity contribution in [2.75, 3.05) is 19.7 Å². The minimum Gasteiger partial charge on any atom is -0.369 e. The zero-order valence-corrected chi connectivity index (χ0v) is 12.8. The molecular formula is C17H24N2O2. The molecule has 4 heteroatoms. The number of benzene rings is 1. The van der Waals surface area contributed by atoms with Crippen LogP contribution in [0.3, 0.4) is 0 Å². The highest BCUT2D eigenvalue weighted by molar-refractivity contribution is 5.80. The lowest BCUT2D eigenvalue weighted by atomic mass is 9.96. The number of carbonyl (C=O) groups is 1. The first-order valence-corrected chi connectivity index (χ1v) is 7.88. The SMILES string of the molecule is CC1COC(c2ccccc2)C(C)N1C(=O)C1CCNC1. The molecule has 4 nitrogen and oxygen atoms in total. The number of hydrogen-bond donors (Lipinski definition) is 1. The molecule has 114 valence electrons. The number of hydrogen-bond acceptors (Lipinski definition) is 3. The molecular weight excluding hydrogens is 264 g/mol. The van der Waals surface area contributed by atoms with Crippen LogP contribution >= 0.6 is 0 Å². The van der Waals surface area contributed by atoms with E-state index in [1.807, 2.05) is 18.2 Å². The molecule has 21 heavy (non-hydrogen) atoms. The van der Waals surface area contributed by atoms with Gasteiger partial charge in [0.15, 0.2) is 0 Å². The van der Waals surface area contributed by atoms with E-state index in [0.717, 1.165) is 25.1 Å². The summed E-state index contributed by atoms with van der Waals surface area (Å²) in [7, 11) is 0. The molecule has 1 aromatic rings. The second-order valence-electron chi connectivity index (χ2n) is 6.19. The summed E-state index contributed by atoms with van der Waals surface area (Å²) in [6.45, 7) is 6.55. The monoisotopic (exact) mass is 288 g/mol. The van der Waals surface area contributed by atoms with Crippen LogP contribution in [0.2, 0.25) is 0 Å². The molecule has 2 heterocycles. The first-order chi connectivity index (χ1) is 10.2. The molecule has 1 amide bonds. The van der Waals surface area contributed by atoms with Crippen molar-refractivity contribution in [2.45, 2.75) is 38.5 Å². The summed E-state index contributed by atoms with van der Waals surface area (Å²) >= 11 is 0. The molecule has 0 aliphatic carbocycles. The Bertz CT molecular complexity index is 485. The van der Waals surface area contributed by atoms with Gasteiger partial charge >= 0.3 is 0 Å². The van der Waals surface area contributed by atoms with E-state index in [1.165, 1.54) is 0 Å². The maximum Gasteiger partial charge on any atom is 0.227 e. The van der Waals surface area contributed by atoms with Crippen molar-refractivity contribution >= 4 is 5.91 Å². The summed E-state index contributed by atoms with van der Waals surface area (Å²) in [5, 5.41) is 3.29. The molecule has 4 atom stereocenters. The molecule has 1 N–H and O–H groups in total. The predicted octanol–water partition coefficient (Wildman–Crippen LogP) is 1.97. The third-order valence-corrected chi connectivity index (χ3v) is 4.66. The van der Waals surface area contributed by atoms with Crippen molar-refractivity contribution < 1.29 is 9.53 Å². The maximum absolute atomic E-state index is 12.8. The Balaban J connectivity index is 1.80. The van der Waals surface area contributed by atoms with Gasteiger partial charge < -0.3 is 15.0 Å². The molecule has 0 aromatic heterocycles. The molecule has 0 bridgehead atoms. The Morgan fingerprint density at radius 3 is 2.71 bits per heavy atom. The van der Waals surface area contributed by atoms with Gasteiger partial charge in [-0.05, 0) is 32.4 Å². The second kappa shape index (κ2) is 6.16. The van der Waals surface area contributed by atoms with Crippen molar-refractivity contribution in [1.29, 1.82) is 0 Å². The number of morpholine rings is 1. The quantitative estimate of drug-likeness (QED) is 0.904. The fraction of sp³-hybridized carbons (Fsp3) is 0.588. The van der Waals surface area contributed by atoms with E-state index in [1.54, 1.807) is 0 Å². The van der Waals surface area contributed by atoms with E-state index in [2.05, 4.69) is 36.2 Å². The first-order valence-electron chi connectivity index (χ1n) is 7.88. The van der Waals surface area contributed by atoms with Crippen LogP contribution in [0.15, 0.2) is 30.3 Å². The molecule has 2 aliphatic heterocycles. The summed E-state index contributed by atoms with van der Waals surface area (Å²) in [5.74, 6) is 0.411. The number of amides is 1. The summed E-state index contributed by atoms with van der Waals surface area (Å²) < 4.78 is 6.02. The molecule has 0 saturated carbocycles. The summed E-state index contributed by atoms with van der Waals surface area (Å²) in [5.41, 5.74) is 1.15. The Morgan fingerprint density at radius 1 is 1.29 bits per heavy atom. The van der Waals surface area contributed by atoms with Gasteiger partial charge in [-0.2, -0.15) is 0 Å². The van der Waals surface area contributed by atoms with E-state index in [0.29, 0.717) is 6.61 Å². The second-order valence-corrected chi connectivity index (χ2v) is 6.19. The van der Waals surface area contributed by atoms with Crippen LogP contribution in [0, 0.1) is 5.92 Å². The van der Waals surface area contributed by atoms with E-state index >= 15 is 0 Å². The Morgan fingerprint density at radius 2 is 2.05 bits per heavy atom. The van der Waals surface area contributed by atoms with Gasteiger partial charge in [0.2, 0.25) is 5.91 Å². The first kappa shape index (κ1) is 14.5. The van der Waals surface area contributed by atoms with E-state index in [9.17, 15) is 4.79 Å². The molecule has 2 fully saturated rings. The number of rotatable bonds is 2. The number of carbonyl (C=O) groups excluding carboxylic acids is 1. The van der Waals surface area contributed by atoms with E-state index < -0.39 is 0 Å². The van der Waals surface area contributed by atoms with Gasteiger partial charge in [0, 0.05) is 6.54 Å². The van der Waals surface area contributed by atoms with Crippen molar-refractivity contribution in [2.24, 2.45) is 5.92 Å². The van der Waals surface area contributed by atoms with Crippen LogP contribution in [-0.4, -0.2) is 42.6 Å². The van der Waals surface area contributed by atoms with E-state index in [-0.39, 0.29) is 30.0 Å².